The Kier molecular flexibility index (Phi) is 4.22. The van der Waals surface area contributed by atoms with E-state index in [1.54, 1.807) is 12.1 Å². The van der Waals surface area contributed by atoms with Crippen molar-refractivity contribution in [2.45, 2.75) is 6.54 Å². The summed E-state index contributed by atoms with van der Waals surface area (Å²) in [5.41, 5.74) is 6.99. The van der Waals surface area contributed by atoms with E-state index in [1.165, 1.54) is 4.88 Å². The maximum Gasteiger partial charge on any atom is 0.248 e. The highest BCUT2D eigenvalue weighted by molar-refractivity contribution is 7.09. The van der Waals surface area contributed by atoms with Gasteiger partial charge in [-0.15, -0.1) is 11.3 Å². The van der Waals surface area contributed by atoms with E-state index in [-0.39, 0.29) is 5.91 Å². The van der Waals surface area contributed by atoms with Crippen LogP contribution in [-0.2, 0) is 6.54 Å². The Balaban J connectivity index is 1.56. The second-order valence-electron chi connectivity index (χ2n) is 5.25. The Morgan fingerprint density at radius 2 is 1.81 bits per heavy atom. The molecule has 0 radical (unpaired) electrons. The summed E-state index contributed by atoms with van der Waals surface area (Å²) in [5, 5.41) is 2.13. The molecule has 3 rings (SSSR count). The van der Waals surface area contributed by atoms with Crippen LogP contribution in [0.1, 0.15) is 15.2 Å². The lowest BCUT2D eigenvalue weighted by atomic mass is 10.1. The maximum absolute atomic E-state index is 11.1. The van der Waals surface area contributed by atoms with Crippen LogP contribution < -0.4 is 10.6 Å². The zero-order valence-corrected chi connectivity index (χ0v) is 12.7. The van der Waals surface area contributed by atoms with Crippen LogP contribution in [0.25, 0.3) is 0 Å². The smallest absolute Gasteiger partial charge is 0.248 e. The van der Waals surface area contributed by atoms with E-state index in [0.29, 0.717) is 5.56 Å². The Bertz CT molecular complexity index is 586. The Morgan fingerprint density at radius 3 is 2.38 bits per heavy atom. The van der Waals surface area contributed by atoms with E-state index in [2.05, 4.69) is 27.3 Å². The summed E-state index contributed by atoms with van der Waals surface area (Å²) >= 11 is 1.82. The number of rotatable bonds is 4. The summed E-state index contributed by atoms with van der Waals surface area (Å²) in [7, 11) is 0. The molecule has 110 valence electrons. The number of thiophene rings is 1. The first-order valence-corrected chi connectivity index (χ1v) is 8.00. The number of piperazine rings is 1. The summed E-state index contributed by atoms with van der Waals surface area (Å²) in [4.78, 5) is 17.4. The van der Waals surface area contributed by atoms with Crippen molar-refractivity contribution in [2.75, 3.05) is 31.1 Å². The zero-order valence-electron chi connectivity index (χ0n) is 11.9. The average molecular weight is 301 g/mol. The lowest BCUT2D eigenvalue weighted by Gasteiger charge is -2.36. The molecule has 2 aromatic rings. The molecule has 1 saturated heterocycles. The molecule has 0 spiro atoms. The molecule has 0 aliphatic carbocycles. The summed E-state index contributed by atoms with van der Waals surface area (Å²) in [6, 6.07) is 11.9. The highest BCUT2D eigenvalue weighted by Crippen LogP contribution is 2.19. The lowest BCUT2D eigenvalue weighted by molar-refractivity contribution is 0.100. The van der Waals surface area contributed by atoms with Crippen LogP contribution in [0.15, 0.2) is 41.8 Å². The second kappa shape index (κ2) is 6.28. The molecular weight excluding hydrogens is 282 g/mol. The first-order valence-electron chi connectivity index (χ1n) is 7.12. The quantitative estimate of drug-likeness (QED) is 0.941. The minimum Gasteiger partial charge on any atom is -0.369 e. The highest BCUT2D eigenvalue weighted by atomic mass is 32.1. The van der Waals surface area contributed by atoms with Crippen molar-refractivity contribution < 1.29 is 4.79 Å². The van der Waals surface area contributed by atoms with E-state index in [0.717, 1.165) is 38.4 Å². The number of benzene rings is 1. The average Bonchev–Trinajstić information content (AvgIpc) is 3.01. The van der Waals surface area contributed by atoms with Crippen LogP contribution >= 0.6 is 11.3 Å². The maximum atomic E-state index is 11.1. The van der Waals surface area contributed by atoms with Crippen molar-refractivity contribution >= 4 is 22.9 Å². The molecule has 1 aromatic heterocycles. The van der Waals surface area contributed by atoms with Gasteiger partial charge in [-0.1, -0.05) is 6.07 Å². The molecule has 1 fully saturated rings. The topological polar surface area (TPSA) is 49.6 Å². The normalized spacial score (nSPS) is 16.1. The largest absolute Gasteiger partial charge is 0.369 e. The fourth-order valence-electron chi connectivity index (χ4n) is 2.62. The molecule has 0 saturated carbocycles. The third kappa shape index (κ3) is 3.43. The van der Waals surface area contributed by atoms with Gasteiger partial charge >= 0.3 is 0 Å². The Labute approximate surface area is 128 Å². The number of carbonyl (C=O) groups is 1. The fourth-order valence-corrected chi connectivity index (χ4v) is 3.37. The van der Waals surface area contributed by atoms with Crippen LogP contribution in [-0.4, -0.2) is 37.0 Å². The molecular formula is C16H19N3OS. The van der Waals surface area contributed by atoms with Gasteiger partial charge in [0.25, 0.3) is 0 Å². The molecule has 1 aromatic carbocycles. The molecule has 21 heavy (non-hydrogen) atoms. The van der Waals surface area contributed by atoms with Gasteiger partial charge in [0.2, 0.25) is 5.91 Å². The first-order chi connectivity index (χ1) is 10.2. The number of amides is 1. The van der Waals surface area contributed by atoms with E-state index in [9.17, 15) is 4.79 Å². The van der Waals surface area contributed by atoms with Gasteiger partial charge in [0, 0.05) is 48.9 Å². The molecule has 2 N–H and O–H groups in total. The molecule has 4 nitrogen and oxygen atoms in total. The lowest BCUT2D eigenvalue weighted by Crippen LogP contribution is -2.45. The van der Waals surface area contributed by atoms with Crippen LogP contribution in [0.3, 0.4) is 0 Å². The Morgan fingerprint density at radius 1 is 1.10 bits per heavy atom. The summed E-state index contributed by atoms with van der Waals surface area (Å²) in [6.07, 6.45) is 0. The van der Waals surface area contributed by atoms with Crippen molar-refractivity contribution in [3.63, 3.8) is 0 Å². The first kappa shape index (κ1) is 14.1. The number of hydrogen-bond donors (Lipinski definition) is 1. The zero-order chi connectivity index (χ0) is 14.7. The van der Waals surface area contributed by atoms with Gasteiger partial charge in [-0.2, -0.15) is 0 Å². The van der Waals surface area contributed by atoms with Gasteiger partial charge in [-0.25, -0.2) is 0 Å². The van der Waals surface area contributed by atoms with Gasteiger partial charge in [0.05, 0.1) is 0 Å². The third-order valence-corrected chi connectivity index (χ3v) is 4.71. The van der Waals surface area contributed by atoms with E-state index in [4.69, 9.17) is 5.73 Å². The SMILES string of the molecule is NC(=O)c1ccc(N2CCN(Cc3cccs3)CC2)cc1. The number of hydrogen-bond acceptors (Lipinski definition) is 4. The molecule has 0 bridgehead atoms. The number of carbonyl (C=O) groups excluding carboxylic acids is 1. The number of nitrogens with zero attached hydrogens (tertiary/aromatic N) is 2. The van der Waals surface area contributed by atoms with Crippen molar-refractivity contribution in [3.8, 4) is 0 Å². The minimum absolute atomic E-state index is 0.373. The van der Waals surface area contributed by atoms with E-state index < -0.39 is 0 Å². The molecule has 2 heterocycles. The number of primary amides is 1. The third-order valence-electron chi connectivity index (χ3n) is 3.85. The molecule has 1 aliphatic rings. The predicted octanol–water partition coefficient (Wildman–Crippen LogP) is 2.17. The predicted molar refractivity (Wildman–Crippen MR) is 86.8 cm³/mol. The van der Waals surface area contributed by atoms with Crippen molar-refractivity contribution in [2.24, 2.45) is 5.73 Å². The molecule has 1 amide bonds. The van der Waals surface area contributed by atoms with Crippen LogP contribution in [0, 0.1) is 0 Å². The number of anilines is 1. The molecule has 5 heteroatoms. The van der Waals surface area contributed by atoms with Gasteiger partial charge in [-0.05, 0) is 35.7 Å². The summed E-state index contributed by atoms with van der Waals surface area (Å²) < 4.78 is 0. The highest BCUT2D eigenvalue weighted by Gasteiger charge is 2.17. The molecule has 0 unspecified atom stereocenters. The standard InChI is InChI=1S/C16H19N3OS/c17-16(20)13-3-5-14(6-4-13)19-9-7-18(8-10-19)12-15-2-1-11-21-15/h1-6,11H,7-10,12H2,(H2,17,20). The molecule has 0 atom stereocenters. The summed E-state index contributed by atoms with van der Waals surface area (Å²) in [5.74, 6) is -0.373. The van der Waals surface area contributed by atoms with Crippen molar-refractivity contribution in [1.29, 1.82) is 0 Å². The molecule has 1 aliphatic heterocycles. The van der Waals surface area contributed by atoms with E-state index in [1.807, 2.05) is 23.5 Å². The monoisotopic (exact) mass is 301 g/mol. The van der Waals surface area contributed by atoms with Crippen LogP contribution in [0.5, 0.6) is 0 Å². The van der Waals surface area contributed by atoms with Crippen LogP contribution in [0.2, 0.25) is 0 Å². The number of nitrogens with two attached hydrogens (primary N) is 1. The van der Waals surface area contributed by atoms with Gasteiger partial charge in [-0.3, -0.25) is 9.69 Å². The van der Waals surface area contributed by atoms with Crippen molar-refractivity contribution in [3.05, 3.63) is 52.2 Å². The summed E-state index contributed by atoms with van der Waals surface area (Å²) in [6.45, 7) is 5.21. The van der Waals surface area contributed by atoms with Crippen LogP contribution in [0.4, 0.5) is 5.69 Å². The van der Waals surface area contributed by atoms with Gasteiger partial charge in [0.15, 0.2) is 0 Å². The van der Waals surface area contributed by atoms with E-state index >= 15 is 0 Å². The second-order valence-corrected chi connectivity index (χ2v) is 6.29. The Hall–Kier alpha value is -1.85. The minimum atomic E-state index is -0.373. The van der Waals surface area contributed by atoms with Gasteiger partial charge < -0.3 is 10.6 Å². The van der Waals surface area contributed by atoms with Gasteiger partial charge in [0.1, 0.15) is 0 Å². The fraction of sp³-hybridized carbons (Fsp3) is 0.312. The van der Waals surface area contributed by atoms with Crippen molar-refractivity contribution in [1.82, 2.24) is 4.90 Å².